The summed E-state index contributed by atoms with van der Waals surface area (Å²) >= 11 is 3.09. The molecule has 0 aliphatic carbocycles. The van der Waals surface area contributed by atoms with Gasteiger partial charge < -0.3 is 10.4 Å². The number of hydrogen-bond acceptors (Lipinski definition) is 4. The molecule has 0 heterocycles. The van der Waals surface area contributed by atoms with Crippen LogP contribution in [0.4, 0.5) is 21.5 Å². The van der Waals surface area contributed by atoms with Crippen molar-refractivity contribution < 1.29 is 19.2 Å². The fourth-order valence-corrected chi connectivity index (χ4v) is 2.11. The number of carboxylic acids is 1. The lowest BCUT2D eigenvalue weighted by atomic mass is 10.2. The Morgan fingerprint density at radius 2 is 2.00 bits per heavy atom. The third-order valence-corrected chi connectivity index (χ3v) is 3.32. The van der Waals surface area contributed by atoms with Gasteiger partial charge in [-0.1, -0.05) is 0 Å². The Labute approximate surface area is 126 Å². The Bertz CT molecular complexity index is 736. The molecule has 0 aliphatic rings. The van der Waals surface area contributed by atoms with Crippen molar-refractivity contribution in [3.05, 3.63) is 62.4 Å². The highest BCUT2D eigenvalue weighted by molar-refractivity contribution is 9.10. The number of benzene rings is 2. The minimum Gasteiger partial charge on any atom is -0.478 e. The summed E-state index contributed by atoms with van der Waals surface area (Å²) < 4.78 is 13.6. The highest BCUT2D eigenvalue weighted by Gasteiger charge is 2.16. The van der Waals surface area contributed by atoms with Crippen LogP contribution in [-0.2, 0) is 0 Å². The van der Waals surface area contributed by atoms with Crippen molar-refractivity contribution in [3.63, 3.8) is 0 Å². The zero-order valence-electron chi connectivity index (χ0n) is 10.3. The Hall–Kier alpha value is -2.48. The van der Waals surface area contributed by atoms with Crippen molar-refractivity contribution in [3.8, 4) is 0 Å². The summed E-state index contributed by atoms with van der Waals surface area (Å²) in [6.07, 6.45) is 0. The number of nitro benzene ring substituents is 1. The molecule has 0 aromatic heterocycles. The molecule has 0 fully saturated rings. The molecular weight excluding hydrogens is 347 g/mol. The highest BCUT2D eigenvalue weighted by Crippen LogP contribution is 2.30. The van der Waals surface area contributed by atoms with E-state index < -0.39 is 16.7 Å². The van der Waals surface area contributed by atoms with Crippen LogP contribution in [0.5, 0.6) is 0 Å². The molecule has 0 saturated carbocycles. The van der Waals surface area contributed by atoms with Gasteiger partial charge in [0.1, 0.15) is 11.5 Å². The van der Waals surface area contributed by atoms with Crippen LogP contribution in [0.1, 0.15) is 10.4 Å². The number of anilines is 2. The topological polar surface area (TPSA) is 92.5 Å². The van der Waals surface area contributed by atoms with Crippen LogP contribution in [0.15, 0.2) is 40.9 Å². The number of aromatic carboxylic acids is 1. The predicted molar refractivity (Wildman–Crippen MR) is 77.4 cm³/mol. The molecule has 0 spiro atoms. The van der Waals surface area contributed by atoms with Crippen LogP contribution in [0.2, 0.25) is 0 Å². The van der Waals surface area contributed by atoms with E-state index >= 15 is 0 Å². The fraction of sp³-hybridized carbons (Fsp3) is 0. The Kier molecular flexibility index (Phi) is 4.18. The summed E-state index contributed by atoms with van der Waals surface area (Å²) in [5.74, 6) is -1.79. The maximum atomic E-state index is 13.2. The monoisotopic (exact) mass is 354 g/mol. The molecule has 0 aliphatic heterocycles. The smallest absolute Gasteiger partial charge is 0.336 e. The predicted octanol–water partition coefficient (Wildman–Crippen LogP) is 3.94. The molecule has 2 N–H and O–H groups in total. The zero-order valence-corrected chi connectivity index (χ0v) is 11.9. The second-order valence-corrected chi connectivity index (χ2v) is 4.90. The molecule has 2 aromatic carbocycles. The Morgan fingerprint density at radius 3 is 2.62 bits per heavy atom. The van der Waals surface area contributed by atoms with Crippen LogP contribution >= 0.6 is 15.9 Å². The fourth-order valence-electron chi connectivity index (χ4n) is 1.69. The minimum absolute atomic E-state index is 0.0148. The van der Waals surface area contributed by atoms with Crippen molar-refractivity contribution in [1.29, 1.82) is 0 Å². The summed E-state index contributed by atoms with van der Waals surface area (Å²) in [7, 11) is 0. The average molecular weight is 355 g/mol. The van der Waals surface area contributed by atoms with Gasteiger partial charge in [0.2, 0.25) is 0 Å². The van der Waals surface area contributed by atoms with E-state index in [4.69, 9.17) is 5.11 Å². The SMILES string of the molecule is O=C(O)c1cc(Nc2cc(F)ccc2[N+](=O)[O-])ccc1Br. The van der Waals surface area contributed by atoms with E-state index in [1.165, 1.54) is 18.2 Å². The third kappa shape index (κ3) is 3.34. The number of nitrogens with zero attached hydrogens (tertiary/aromatic N) is 1. The first-order valence-corrected chi connectivity index (χ1v) is 6.41. The molecule has 0 amide bonds. The largest absolute Gasteiger partial charge is 0.478 e. The molecule has 2 rings (SSSR count). The summed E-state index contributed by atoms with van der Waals surface area (Å²) in [5.41, 5.74) is -0.0850. The Morgan fingerprint density at radius 1 is 1.29 bits per heavy atom. The lowest BCUT2D eigenvalue weighted by Gasteiger charge is -2.09. The molecular formula is C13H8BrFN2O4. The second-order valence-electron chi connectivity index (χ2n) is 4.04. The number of carboxylic acid groups (broad SMARTS) is 1. The van der Waals surface area contributed by atoms with E-state index in [-0.39, 0.29) is 16.9 Å². The van der Waals surface area contributed by atoms with Crippen LogP contribution < -0.4 is 5.32 Å². The summed E-state index contributed by atoms with van der Waals surface area (Å²) in [5, 5.41) is 22.6. The molecule has 0 saturated heterocycles. The van der Waals surface area contributed by atoms with Gasteiger partial charge >= 0.3 is 5.97 Å². The standard InChI is InChI=1S/C13H8BrFN2O4/c14-10-3-2-8(6-9(10)13(18)19)16-11-5-7(15)1-4-12(11)17(20)21/h1-6,16H,(H,18,19). The zero-order chi connectivity index (χ0) is 15.6. The van der Waals surface area contributed by atoms with Gasteiger partial charge in [0.05, 0.1) is 10.5 Å². The lowest BCUT2D eigenvalue weighted by molar-refractivity contribution is -0.384. The van der Waals surface area contributed by atoms with Gasteiger partial charge in [0, 0.05) is 22.3 Å². The van der Waals surface area contributed by atoms with Gasteiger partial charge in [0.25, 0.3) is 5.69 Å². The van der Waals surface area contributed by atoms with E-state index in [1.807, 2.05) is 0 Å². The van der Waals surface area contributed by atoms with Crippen molar-refractivity contribution in [2.45, 2.75) is 0 Å². The number of rotatable bonds is 4. The number of nitro groups is 1. The summed E-state index contributed by atoms with van der Waals surface area (Å²) in [6, 6.07) is 7.28. The number of carbonyl (C=O) groups is 1. The molecule has 0 unspecified atom stereocenters. The first-order chi connectivity index (χ1) is 9.88. The average Bonchev–Trinajstić information content (AvgIpc) is 2.40. The van der Waals surface area contributed by atoms with Gasteiger partial charge in [0.15, 0.2) is 0 Å². The van der Waals surface area contributed by atoms with Crippen molar-refractivity contribution in [2.24, 2.45) is 0 Å². The number of halogens is 2. The highest BCUT2D eigenvalue weighted by atomic mass is 79.9. The van der Waals surface area contributed by atoms with Gasteiger partial charge in [-0.05, 0) is 40.2 Å². The van der Waals surface area contributed by atoms with Crippen LogP contribution in [-0.4, -0.2) is 16.0 Å². The van der Waals surface area contributed by atoms with Crippen LogP contribution in [0.3, 0.4) is 0 Å². The first-order valence-electron chi connectivity index (χ1n) is 5.62. The van der Waals surface area contributed by atoms with Crippen molar-refractivity contribution >= 4 is 39.0 Å². The van der Waals surface area contributed by atoms with E-state index in [0.717, 1.165) is 18.2 Å². The van der Waals surface area contributed by atoms with E-state index in [1.54, 1.807) is 0 Å². The normalized spacial score (nSPS) is 10.2. The molecule has 0 atom stereocenters. The van der Waals surface area contributed by atoms with Gasteiger partial charge in [-0.25, -0.2) is 9.18 Å². The van der Waals surface area contributed by atoms with Gasteiger partial charge in [-0.15, -0.1) is 0 Å². The van der Waals surface area contributed by atoms with Crippen LogP contribution in [0.25, 0.3) is 0 Å². The maximum Gasteiger partial charge on any atom is 0.336 e. The van der Waals surface area contributed by atoms with Crippen molar-refractivity contribution in [1.82, 2.24) is 0 Å². The van der Waals surface area contributed by atoms with Crippen molar-refractivity contribution in [2.75, 3.05) is 5.32 Å². The third-order valence-electron chi connectivity index (χ3n) is 2.63. The molecule has 8 heteroatoms. The van der Waals surface area contributed by atoms with E-state index in [9.17, 15) is 19.3 Å². The van der Waals surface area contributed by atoms with Gasteiger partial charge in [-0.2, -0.15) is 0 Å². The minimum atomic E-state index is -1.15. The second kappa shape index (κ2) is 5.88. The maximum absolute atomic E-state index is 13.2. The quantitative estimate of drug-likeness (QED) is 0.640. The van der Waals surface area contributed by atoms with E-state index in [2.05, 4.69) is 21.2 Å². The number of hydrogen-bond donors (Lipinski definition) is 2. The molecule has 108 valence electrons. The van der Waals surface area contributed by atoms with Gasteiger partial charge in [-0.3, -0.25) is 10.1 Å². The molecule has 2 aromatic rings. The molecule has 0 bridgehead atoms. The summed E-state index contributed by atoms with van der Waals surface area (Å²) in [4.78, 5) is 21.3. The number of nitrogens with one attached hydrogen (secondary N) is 1. The molecule has 21 heavy (non-hydrogen) atoms. The molecule has 6 nitrogen and oxygen atoms in total. The molecule has 0 radical (unpaired) electrons. The van der Waals surface area contributed by atoms with E-state index in [0.29, 0.717) is 10.2 Å². The lowest BCUT2D eigenvalue weighted by Crippen LogP contribution is -2.01. The first kappa shape index (κ1) is 14.9. The summed E-state index contributed by atoms with van der Waals surface area (Å²) in [6.45, 7) is 0. The Balaban J connectivity index is 2.43. The van der Waals surface area contributed by atoms with Crippen LogP contribution in [0, 0.1) is 15.9 Å².